The minimum absolute atomic E-state index is 0. The molecule has 0 aliphatic carbocycles. The van der Waals surface area contributed by atoms with Crippen LogP contribution in [0.5, 0.6) is 0 Å². The Bertz CT molecular complexity index is 459. The van der Waals surface area contributed by atoms with Gasteiger partial charge in [-0.15, -0.1) is 13.2 Å². The minimum atomic E-state index is -0.547. The maximum Gasteiger partial charge on any atom is 0.249 e. The second kappa shape index (κ2) is 9.72. The van der Waals surface area contributed by atoms with E-state index in [0.29, 0.717) is 6.42 Å². The van der Waals surface area contributed by atoms with E-state index in [2.05, 4.69) is 23.8 Å². The number of amides is 2. The predicted octanol–water partition coefficient (Wildman–Crippen LogP) is 3.36. The molecule has 1 unspecified atom stereocenters. The zero-order valence-corrected chi connectivity index (χ0v) is 11.9. The van der Waals surface area contributed by atoms with Crippen molar-refractivity contribution >= 4 is 17.5 Å². The van der Waals surface area contributed by atoms with Crippen LogP contribution in [-0.4, -0.2) is 17.9 Å². The number of benzene rings is 1. The monoisotopic (exact) mass is 284 g/mol. The lowest BCUT2D eigenvalue weighted by molar-refractivity contribution is -0.133. The summed E-state index contributed by atoms with van der Waals surface area (Å²) in [6.07, 6.45) is 0.664. The first-order valence-corrected chi connectivity index (χ1v) is 6.51. The van der Waals surface area contributed by atoms with Crippen molar-refractivity contribution in [2.45, 2.75) is 32.7 Å². The molecule has 114 valence electrons. The van der Waals surface area contributed by atoms with Gasteiger partial charge in [0.25, 0.3) is 0 Å². The number of imide groups is 1. The van der Waals surface area contributed by atoms with Crippen LogP contribution in [0.15, 0.2) is 37.4 Å². The van der Waals surface area contributed by atoms with Gasteiger partial charge in [0.05, 0.1) is 5.69 Å². The van der Waals surface area contributed by atoms with Gasteiger partial charge in [-0.3, -0.25) is 14.9 Å². The second-order valence-corrected chi connectivity index (χ2v) is 3.63. The standard InChI is InChI=1S/C11H11FN2O2.C2H6.C2H4.2H2/c12-7-3-1-2-4-8(7)13-9-5-6-10(15)14-11(9)16;2*1-2;;/h1-4,9,13H,5-6H2,(H,14,15,16);1-2H3;1-2H2;2*1H. The molecular weight excluding hydrogens is 259 g/mol. The molecule has 2 N–H and O–H groups in total. The predicted molar refractivity (Wildman–Crippen MR) is 83.0 cm³/mol. The average molecular weight is 284 g/mol. The van der Waals surface area contributed by atoms with E-state index in [1.165, 1.54) is 6.07 Å². The van der Waals surface area contributed by atoms with E-state index >= 15 is 0 Å². The van der Waals surface area contributed by atoms with Crippen molar-refractivity contribution in [1.82, 2.24) is 5.32 Å². The van der Waals surface area contributed by atoms with Crippen molar-refractivity contribution in [2.24, 2.45) is 0 Å². The molecule has 0 bridgehead atoms. The number of para-hydroxylation sites is 1. The fourth-order valence-electron chi connectivity index (χ4n) is 1.60. The molecule has 1 aliphatic rings. The van der Waals surface area contributed by atoms with Crippen LogP contribution in [0, 0.1) is 5.82 Å². The summed E-state index contributed by atoms with van der Waals surface area (Å²) in [4.78, 5) is 22.3. The van der Waals surface area contributed by atoms with E-state index in [1.54, 1.807) is 18.2 Å². The van der Waals surface area contributed by atoms with Gasteiger partial charge < -0.3 is 5.32 Å². The zero-order chi connectivity index (χ0) is 15.5. The topological polar surface area (TPSA) is 58.2 Å². The summed E-state index contributed by atoms with van der Waals surface area (Å²) in [5.74, 6) is -1.09. The van der Waals surface area contributed by atoms with Crippen LogP contribution in [0.4, 0.5) is 10.1 Å². The molecule has 0 radical (unpaired) electrons. The highest BCUT2D eigenvalue weighted by Crippen LogP contribution is 2.16. The summed E-state index contributed by atoms with van der Waals surface area (Å²) in [5.41, 5.74) is 0.275. The van der Waals surface area contributed by atoms with Crippen molar-refractivity contribution in [3.05, 3.63) is 43.2 Å². The Balaban J connectivity index is -0.000000557. The number of carbonyl (C=O) groups is 2. The summed E-state index contributed by atoms with van der Waals surface area (Å²) >= 11 is 0. The number of halogens is 1. The van der Waals surface area contributed by atoms with Crippen molar-refractivity contribution in [3.8, 4) is 0 Å². The van der Waals surface area contributed by atoms with Gasteiger partial charge in [-0.05, 0) is 18.6 Å². The molecule has 5 heteroatoms. The van der Waals surface area contributed by atoms with Crippen molar-refractivity contribution in [1.29, 1.82) is 0 Å². The molecule has 1 heterocycles. The molecule has 1 aliphatic heterocycles. The quantitative estimate of drug-likeness (QED) is 0.646. The van der Waals surface area contributed by atoms with Crippen LogP contribution in [0.1, 0.15) is 29.5 Å². The fraction of sp³-hybridized carbons (Fsp3) is 0.333. The third-order valence-electron chi connectivity index (χ3n) is 2.44. The average Bonchev–Trinajstić information content (AvgIpc) is 2.48. The van der Waals surface area contributed by atoms with Gasteiger partial charge in [0.1, 0.15) is 11.9 Å². The highest BCUT2D eigenvalue weighted by Gasteiger charge is 2.26. The fourth-order valence-corrected chi connectivity index (χ4v) is 1.60. The van der Waals surface area contributed by atoms with Crippen molar-refractivity contribution in [2.75, 3.05) is 5.32 Å². The molecule has 1 aromatic carbocycles. The Labute approximate surface area is 122 Å². The molecule has 0 spiro atoms. The van der Waals surface area contributed by atoms with Gasteiger partial charge in [-0.1, -0.05) is 26.0 Å². The number of carbonyl (C=O) groups excluding carboxylic acids is 2. The van der Waals surface area contributed by atoms with E-state index in [1.807, 2.05) is 13.8 Å². The van der Waals surface area contributed by atoms with E-state index in [-0.39, 0.29) is 20.9 Å². The highest BCUT2D eigenvalue weighted by molar-refractivity contribution is 6.01. The molecule has 1 saturated heterocycles. The summed E-state index contributed by atoms with van der Waals surface area (Å²) in [6.45, 7) is 10.0. The van der Waals surface area contributed by atoms with E-state index in [4.69, 9.17) is 0 Å². The Hall–Kier alpha value is -2.17. The lowest BCUT2D eigenvalue weighted by Crippen LogP contribution is -2.47. The largest absolute Gasteiger partial charge is 0.371 e. The third-order valence-corrected chi connectivity index (χ3v) is 2.44. The Morgan fingerprint density at radius 3 is 2.45 bits per heavy atom. The molecule has 2 amide bonds. The molecule has 0 saturated carbocycles. The zero-order valence-electron chi connectivity index (χ0n) is 11.9. The summed E-state index contributed by atoms with van der Waals surface area (Å²) in [7, 11) is 0. The molecule has 0 aromatic heterocycles. The molecule has 4 nitrogen and oxygen atoms in total. The molecule has 2 rings (SSSR count). The van der Waals surface area contributed by atoms with E-state index < -0.39 is 17.8 Å². The minimum Gasteiger partial charge on any atom is -0.371 e. The summed E-state index contributed by atoms with van der Waals surface area (Å²) in [5, 5.41) is 4.99. The number of hydrogen-bond donors (Lipinski definition) is 2. The lowest BCUT2D eigenvalue weighted by Gasteiger charge is -2.22. The number of nitrogens with one attached hydrogen (secondary N) is 2. The van der Waals surface area contributed by atoms with Crippen molar-refractivity contribution in [3.63, 3.8) is 0 Å². The van der Waals surface area contributed by atoms with Gasteiger partial charge >= 0.3 is 0 Å². The Morgan fingerprint density at radius 1 is 1.30 bits per heavy atom. The molecule has 1 fully saturated rings. The first-order chi connectivity index (χ1) is 9.66. The normalized spacial score (nSPS) is 16.9. The van der Waals surface area contributed by atoms with Crippen molar-refractivity contribution < 1.29 is 16.8 Å². The summed E-state index contributed by atoms with van der Waals surface area (Å²) < 4.78 is 13.3. The van der Waals surface area contributed by atoms with Gasteiger partial charge in [0.2, 0.25) is 11.8 Å². The van der Waals surface area contributed by atoms with Crippen LogP contribution in [0.3, 0.4) is 0 Å². The molecule has 20 heavy (non-hydrogen) atoms. The first-order valence-electron chi connectivity index (χ1n) is 6.51. The number of anilines is 1. The number of hydrogen-bond acceptors (Lipinski definition) is 3. The summed E-state index contributed by atoms with van der Waals surface area (Å²) in [6, 6.07) is 5.57. The Kier molecular flexibility index (Phi) is 8.67. The van der Waals surface area contributed by atoms with Gasteiger partial charge in [-0.25, -0.2) is 4.39 Å². The third kappa shape index (κ3) is 5.22. The number of piperidine rings is 1. The molecule has 1 aromatic rings. The smallest absolute Gasteiger partial charge is 0.249 e. The molecule has 1 atom stereocenters. The molecular formula is C15H25FN2O2. The van der Waals surface area contributed by atoms with Crippen LogP contribution in [-0.2, 0) is 9.59 Å². The SMILES string of the molecule is C=C.CC.O=C1CCC(Nc2ccccc2F)C(=O)N1.[HH].[HH]. The maximum atomic E-state index is 13.3. The maximum absolute atomic E-state index is 13.3. The Morgan fingerprint density at radius 2 is 1.90 bits per heavy atom. The number of rotatable bonds is 2. The van der Waals surface area contributed by atoms with Crippen LogP contribution in [0.25, 0.3) is 0 Å². The van der Waals surface area contributed by atoms with E-state index in [0.717, 1.165) is 0 Å². The van der Waals surface area contributed by atoms with Crippen LogP contribution < -0.4 is 10.6 Å². The van der Waals surface area contributed by atoms with Gasteiger partial charge in [0, 0.05) is 9.27 Å². The van der Waals surface area contributed by atoms with Crippen LogP contribution in [0.2, 0.25) is 0 Å². The first kappa shape index (κ1) is 17.8. The lowest BCUT2D eigenvalue weighted by atomic mass is 10.1. The highest BCUT2D eigenvalue weighted by atomic mass is 19.1. The van der Waals surface area contributed by atoms with Gasteiger partial charge in [0.15, 0.2) is 0 Å². The van der Waals surface area contributed by atoms with E-state index in [9.17, 15) is 14.0 Å². The second-order valence-electron chi connectivity index (χ2n) is 3.63. The van der Waals surface area contributed by atoms with Gasteiger partial charge in [-0.2, -0.15) is 0 Å². The van der Waals surface area contributed by atoms with Crippen LogP contribution >= 0.6 is 0 Å².